The Labute approximate surface area is 104 Å². The van der Waals surface area contributed by atoms with Gasteiger partial charge in [0.2, 0.25) is 0 Å². The number of hydrogen-bond acceptors (Lipinski definition) is 2. The molecule has 3 heteroatoms. The van der Waals surface area contributed by atoms with Crippen molar-refractivity contribution in [2.24, 2.45) is 11.8 Å². The Bertz CT molecular complexity index is 362. The van der Waals surface area contributed by atoms with Crippen LogP contribution >= 0.6 is 0 Å². The van der Waals surface area contributed by atoms with Gasteiger partial charge in [0.05, 0.1) is 0 Å². The number of nitrogens with zero attached hydrogens (tertiary/aromatic N) is 2. The third kappa shape index (κ3) is 2.39. The molecular formula is C14H24N2O. The van der Waals surface area contributed by atoms with Gasteiger partial charge in [0.15, 0.2) is 0 Å². The van der Waals surface area contributed by atoms with Crippen LogP contribution in [0.2, 0.25) is 0 Å². The van der Waals surface area contributed by atoms with Crippen molar-refractivity contribution in [1.82, 2.24) is 9.55 Å². The highest BCUT2D eigenvalue weighted by Crippen LogP contribution is 2.41. The second-order valence-electron chi connectivity index (χ2n) is 5.65. The number of imidazole rings is 1. The summed E-state index contributed by atoms with van der Waals surface area (Å²) in [6.45, 7) is 7.53. The zero-order valence-electron chi connectivity index (χ0n) is 11.2. The van der Waals surface area contributed by atoms with Gasteiger partial charge in [0, 0.05) is 18.9 Å². The predicted octanol–water partition coefficient (Wildman–Crippen LogP) is 2.94. The molecule has 1 saturated carbocycles. The van der Waals surface area contributed by atoms with E-state index in [1.165, 1.54) is 0 Å². The summed E-state index contributed by atoms with van der Waals surface area (Å²) in [5.41, 5.74) is -0.690. The summed E-state index contributed by atoms with van der Waals surface area (Å²) in [5.74, 6) is 2.35. The first kappa shape index (κ1) is 12.6. The highest BCUT2D eigenvalue weighted by atomic mass is 16.3. The van der Waals surface area contributed by atoms with E-state index >= 15 is 0 Å². The number of aromatic nitrogens is 2. The lowest BCUT2D eigenvalue weighted by Gasteiger charge is -2.37. The lowest BCUT2D eigenvalue weighted by Crippen LogP contribution is -2.35. The van der Waals surface area contributed by atoms with Gasteiger partial charge in [-0.05, 0) is 44.4 Å². The monoisotopic (exact) mass is 236 g/mol. The second kappa shape index (κ2) is 4.81. The molecule has 96 valence electrons. The summed E-state index contributed by atoms with van der Waals surface area (Å²) < 4.78 is 2.07. The topological polar surface area (TPSA) is 38.0 Å². The molecule has 3 nitrogen and oxygen atoms in total. The molecule has 0 spiro atoms. The first-order valence-corrected chi connectivity index (χ1v) is 6.81. The maximum atomic E-state index is 10.8. The van der Waals surface area contributed by atoms with Gasteiger partial charge in [-0.3, -0.25) is 0 Å². The average Bonchev–Trinajstić information content (AvgIpc) is 2.78. The molecule has 0 unspecified atom stereocenters. The zero-order valence-corrected chi connectivity index (χ0v) is 11.2. The van der Waals surface area contributed by atoms with Gasteiger partial charge >= 0.3 is 0 Å². The van der Waals surface area contributed by atoms with Crippen molar-refractivity contribution in [2.75, 3.05) is 0 Å². The summed E-state index contributed by atoms with van der Waals surface area (Å²) in [4.78, 5) is 4.37. The minimum atomic E-state index is -0.690. The van der Waals surface area contributed by atoms with Gasteiger partial charge in [-0.15, -0.1) is 0 Å². The maximum absolute atomic E-state index is 10.8. The van der Waals surface area contributed by atoms with Crippen LogP contribution in [-0.2, 0) is 12.1 Å². The van der Waals surface area contributed by atoms with Gasteiger partial charge in [0.25, 0.3) is 0 Å². The average molecular weight is 236 g/mol. The molecule has 1 N–H and O–H groups in total. The first-order chi connectivity index (χ1) is 8.07. The fourth-order valence-corrected chi connectivity index (χ4v) is 2.98. The zero-order chi connectivity index (χ0) is 12.5. The summed E-state index contributed by atoms with van der Waals surface area (Å²) in [6.07, 6.45) is 7.70. The molecule has 1 fully saturated rings. The van der Waals surface area contributed by atoms with Gasteiger partial charge in [-0.1, -0.05) is 13.8 Å². The SMILES string of the molecule is CCn1ccnc1C1(O)CCC(C(C)C)CC1. The molecule has 0 atom stereocenters. The van der Waals surface area contributed by atoms with E-state index in [1.54, 1.807) is 6.20 Å². The van der Waals surface area contributed by atoms with E-state index < -0.39 is 5.60 Å². The molecular weight excluding hydrogens is 212 g/mol. The Kier molecular flexibility index (Phi) is 3.57. The van der Waals surface area contributed by atoms with Gasteiger partial charge in [-0.2, -0.15) is 0 Å². The number of rotatable bonds is 3. The summed E-state index contributed by atoms with van der Waals surface area (Å²) >= 11 is 0. The van der Waals surface area contributed by atoms with Crippen LogP contribution in [0.1, 0.15) is 52.3 Å². The quantitative estimate of drug-likeness (QED) is 0.876. The molecule has 0 radical (unpaired) electrons. The predicted molar refractivity (Wildman–Crippen MR) is 68.6 cm³/mol. The molecule has 0 bridgehead atoms. The maximum Gasteiger partial charge on any atom is 0.140 e. The van der Waals surface area contributed by atoms with Crippen molar-refractivity contribution < 1.29 is 5.11 Å². The Hall–Kier alpha value is -0.830. The van der Waals surface area contributed by atoms with Crippen LogP contribution in [0.4, 0.5) is 0 Å². The Morgan fingerprint density at radius 3 is 2.65 bits per heavy atom. The van der Waals surface area contributed by atoms with Crippen molar-refractivity contribution in [3.05, 3.63) is 18.2 Å². The molecule has 1 aromatic heterocycles. The van der Waals surface area contributed by atoms with Crippen LogP contribution in [0, 0.1) is 11.8 Å². The van der Waals surface area contributed by atoms with Crippen molar-refractivity contribution in [1.29, 1.82) is 0 Å². The van der Waals surface area contributed by atoms with Crippen LogP contribution in [0.5, 0.6) is 0 Å². The fourth-order valence-electron chi connectivity index (χ4n) is 2.98. The molecule has 17 heavy (non-hydrogen) atoms. The highest BCUT2D eigenvalue weighted by molar-refractivity contribution is 5.07. The molecule has 0 amide bonds. The molecule has 1 aliphatic carbocycles. The summed E-state index contributed by atoms with van der Waals surface area (Å²) in [5, 5.41) is 10.8. The van der Waals surface area contributed by atoms with Crippen molar-refractivity contribution in [3.63, 3.8) is 0 Å². The van der Waals surface area contributed by atoms with Crippen LogP contribution in [0.3, 0.4) is 0 Å². The minimum absolute atomic E-state index is 0.690. The van der Waals surface area contributed by atoms with Gasteiger partial charge in [-0.25, -0.2) is 4.98 Å². The van der Waals surface area contributed by atoms with Crippen LogP contribution in [0.25, 0.3) is 0 Å². The number of aryl methyl sites for hydroxylation is 1. The van der Waals surface area contributed by atoms with E-state index in [1.807, 2.05) is 6.20 Å². The summed E-state index contributed by atoms with van der Waals surface area (Å²) in [6, 6.07) is 0. The van der Waals surface area contributed by atoms with Crippen molar-refractivity contribution in [2.45, 2.75) is 58.6 Å². The van der Waals surface area contributed by atoms with E-state index in [9.17, 15) is 5.11 Å². The van der Waals surface area contributed by atoms with E-state index in [0.29, 0.717) is 0 Å². The second-order valence-corrected chi connectivity index (χ2v) is 5.65. The molecule has 1 heterocycles. The molecule has 2 rings (SSSR count). The first-order valence-electron chi connectivity index (χ1n) is 6.81. The highest BCUT2D eigenvalue weighted by Gasteiger charge is 2.38. The Morgan fingerprint density at radius 1 is 1.47 bits per heavy atom. The molecule has 1 aromatic rings. The smallest absolute Gasteiger partial charge is 0.140 e. The lowest BCUT2D eigenvalue weighted by atomic mass is 9.74. The van der Waals surface area contributed by atoms with E-state index in [-0.39, 0.29) is 0 Å². The molecule has 0 saturated heterocycles. The van der Waals surface area contributed by atoms with E-state index in [2.05, 4.69) is 30.3 Å². The summed E-state index contributed by atoms with van der Waals surface area (Å²) in [7, 11) is 0. The third-order valence-corrected chi connectivity index (χ3v) is 4.27. The number of aliphatic hydroxyl groups is 1. The standard InChI is InChI=1S/C14H24N2O/c1-4-16-10-9-15-13(16)14(17)7-5-12(6-8-14)11(2)3/h9-12,17H,4-8H2,1-3H3. The molecule has 1 aliphatic rings. The third-order valence-electron chi connectivity index (χ3n) is 4.27. The van der Waals surface area contributed by atoms with E-state index in [4.69, 9.17) is 0 Å². The Balaban J connectivity index is 2.12. The van der Waals surface area contributed by atoms with Gasteiger partial charge < -0.3 is 9.67 Å². The largest absolute Gasteiger partial charge is 0.382 e. The minimum Gasteiger partial charge on any atom is -0.382 e. The molecule has 0 aromatic carbocycles. The lowest BCUT2D eigenvalue weighted by molar-refractivity contribution is -0.0299. The normalized spacial score (nSPS) is 29.8. The fraction of sp³-hybridized carbons (Fsp3) is 0.786. The van der Waals surface area contributed by atoms with Crippen LogP contribution in [-0.4, -0.2) is 14.7 Å². The van der Waals surface area contributed by atoms with Crippen LogP contribution < -0.4 is 0 Å². The van der Waals surface area contributed by atoms with Crippen molar-refractivity contribution >= 4 is 0 Å². The van der Waals surface area contributed by atoms with Crippen molar-refractivity contribution in [3.8, 4) is 0 Å². The molecule has 0 aliphatic heterocycles. The number of hydrogen-bond donors (Lipinski definition) is 1. The van der Waals surface area contributed by atoms with Crippen LogP contribution in [0.15, 0.2) is 12.4 Å². The van der Waals surface area contributed by atoms with Gasteiger partial charge in [0.1, 0.15) is 11.4 Å². The Morgan fingerprint density at radius 2 is 2.12 bits per heavy atom. The van der Waals surface area contributed by atoms with E-state index in [0.717, 1.165) is 49.9 Å².